The van der Waals surface area contributed by atoms with Crippen molar-refractivity contribution in [2.75, 3.05) is 6.61 Å². The molecule has 0 saturated heterocycles. The number of ether oxygens (including phenoxy) is 1. The van der Waals surface area contributed by atoms with Crippen LogP contribution in [0.15, 0.2) is 8.83 Å². The number of rotatable bonds is 4. The third-order valence-corrected chi connectivity index (χ3v) is 3.27. The summed E-state index contributed by atoms with van der Waals surface area (Å²) in [5, 5.41) is 0. The molecule has 0 N–H and O–H groups in total. The van der Waals surface area contributed by atoms with Gasteiger partial charge in [0.1, 0.15) is 11.5 Å². The van der Waals surface area contributed by atoms with Gasteiger partial charge in [-0.2, -0.15) is 0 Å². The van der Waals surface area contributed by atoms with Crippen LogP contribution in [0.2, 0.25) is 0 Å². The highest BCUT2D eigenvalue weighted by molar-refractivity contribution is 5.88. The maximum atomic E-state index is 11.9. The van der Waals surface area contributed by atoms with Crippen LogP contribution in [-0.4, -0.2) is 17.6 Å². The first kappa shape index (κ1) is 14.4. The predicted molar refractivity (Wildman–Crippen MR) is 73.8 cm³/mol. The fourth-order valence-electron chi connectivity index (χ4n) is 2.16. The molecule has 0 bridgehead atoms. The van der Waals surface area contributed by atoms with Crippen molar-refractivity contribution in [3.8, 4) is 11.5 Å². The Morgan fingerprint density at radius 1 is 1.15 bits per heavy atom. The Kier molecular flexibility index (Phi) is 3.97. The molecule has 2 aromatic heterocycles. The van der Waals surface area contributed by atoms with Crippen molar-refractivity contribution in [2.45, 2.75) is 41.0 Å². The van der Waals surface area contributed by atoms with Gasteiger partial charge < -0.3 is 13.6 Å². The van der Waals surface area contributed by atoms with Crippen LogP contribution in [0.5, 0.6) is 0 Å². The minimum atomic E-state index is -0.473. The number of carbonyl (C=O) groups excluding carboxylic acids is 1. The second-order valence-electron chi connectivity index (χ2n) is 4.58. The van der Waals surface area contributed by atoms with Gasteiger partial charge in [-0.3, -0.25) is 0 Å². The van der Waals surface area contributed by atoms with E-state index in [0.29, 0.717) is 24.6 Å². The third-order valence-electron chi connectivity index (χ3n) is 3.27. The van der Waals surface area contributed by atoms with Crippen molar-refractivity contribution in [2.24, 2.45) is 0 Å². The summed E-state index contributed by atoms with van der Waals surface area (Å²) in [6.45, 7) is 9.68. The van der Waals surface area contributed by atoms with E-state index in [1.807, 2.05) is 27.7 Å². The molecule has 2 rings (SSSR count). The number of aromatic nitrogens is 1. The molecule has 0 fully saturated rings. The fraction of sp³-hybridized carbons (Fsp3) is 0.467. The monoisotopic (exact) mass is 277 g/mol. The van der Waals surface area contributed by atoms with Crippen LogP contribution in [0.25, 0.3) is 11.5 Å². The molecule has 0 amide bonds. The molecule has 0 radical (unpaired) electrons. The lowest BCUT2D eigenvalue weighted by Crippen LogP contribution is -2.05. The van der Waals surface area contributed by atoms with Gasteiger partial charge in [-0.05, 0) is 34.1 Å². The molecule has 2 aromatic rings. The zero-order chi connectivity index (χ0) is 14.9. The lowest BCUT2D eigenvalue weighted by atomic mass is 10.1. The number of esters is 1. The van der Waals surface area contributed by atoms with Crippen LogP contribution < -0.4 is 0 Å². The zero-order valence-corrected chi connectivity index (χ0v) is 12.5. The first-order chi connectivity index (χ1) is 9.49. The van der Waals surface area contributed by atoms with E-state index in [1.165, 1.54) is 0 Å². The Morgan fingerprint density at radius 2 is 1.85 bits per heavy atom. The largest absolute Gasteiger partial charge is 0.466 e. The second kappa shape index (κ2) is 5.53. The number of nitrogens with zero attached hydrogens (tertiary/aromatic N) is 1. The van der Waals surface area contributed by atoms with Crippen molar-refractivity contribution in [1.29, 1.82) is 0 Å². The highest BCUT2D eigenvalue weighted by atomic mass is 16.5. The normalized spacial score (nSPS) is 10.8. The number of carbonyl (C=O) groups is 1. The summed E-state index contributed by atoms with van der Waals surface area (Å²) in [5.41, 5.74) is 2.39. The number of aryl methyl sites for hydroxylation is 3. The summed E-state index contributed by atoms with van der Waals surface area (Å²) in [4.78, 5) is 16.3. The van der Waals surface area contributed by atoms with Gasteiger partial charge in [0.2, 0.25) is 11.7 Å². The zero-order valence-electron chi connectivity index (χ0n) is 12.5. The molecule has 5 nitrogen and oxygen atoms in total. The highest BCUT2D eigenvalue weighted by Crippen LogP contribution is 2.32. The Balaban J connectivity index is 2.51. The molecule has 108 valence electrons. The molecule has 20 heavy (non-hydrogen) atoms. The summed E-state index contributed by atoms with van der Waals surface area (Å²) < 4.78 is 16.2. The first-order valence-corrected chi connectivity index (χ1v) is 6.73. The van der Waals surface area contributed by atoms with Gasteiger partial charge in [-0.25, -0.2) is 9.78 Å². The van der Waals surface area contributed by atoms with Crippen LogP contribution in [0, 0.1) is 20.8 Å². The summed E-state index contributed by atoms with van der Waals surface area (Å²) in [5.74, 6) is 1.68. The molecule has 0 aliphatic rings. The third kappa shape index (κ3) is 2.35. The number of furan rings is 1. The van der Waals surface area contributed by atoms with Gasteiger partial charge in [0.05, 0.1) is 17.9 Å². The maximum Gasteiger partial charge on any atom is 0.376 e. The van der Waals surface area contributed by atoms with Crippen LogP contribution >= 0.6 is 0 Å². The molecular formula is C15H19NO4. The van der Waals surface area contributed by atoms with E-state index >= 15 is 0 Å². The van der Waals surface area contributed by atoms with E-state index in [0.717, 1.165) is 22.6 Å². The van der Waals surface area contributed by atoms with Gasteiger partial charge in [-0.15, -0.1) is 0 Å². The van der Waals surface area contributed by atoms with Gasteiger partial charge in [0, 0.05) is 5.56 Å². The van der Waals surface area contributed by atoms with E-state index in [4.69, 9.17) is 13.6 Å². The average molecular weight is 277 g/mol. The maximum absolute atomic E-state index is 11.9. The molecule has 0 unspecified atom stereocenters. The first-order valence-electron chi connectivity index (χ1n) is 6.73. The molecule has 5 heteroatoms. The standard InChI is InChI=1S/C15H19NO4/c1-6-11-13(15(17)18-7-2)20-14(16-11)12-8(3)9(4)19-10(12)5/h6-7H2,1-5H3. The summed E-state index contributed by atoms with van der Waals surface area (Å²) >= 11 is 0. The minimum Gasteiger partial charge on any atom is -0.466 e. The summed E-state index contributed by atoms with van der Waals surface area (Å²) in [6, 6.07) is 0. The molecule has 2 heterocycles. The van der Waals surface area contributed by atoms with Gasteiger partial charge >= 0.3 is 5.97 Å². The van der Waals surface area contributed by atoms with E-state index in [1.54, 1.807) is 6.92 Å². The Morgan fingerprint density at radius 3 is 2.35 bits per heavy atom. The van der Waals surface area contributed by atoms with Crippen LogP contribution in [0.4, 0.5) is 0 Å². The van der Waals surface area contributed by atoms with Crippen LogP contribution in [-0.2, 0) is 11.2 Å². The molecule has 0 atom stereocenters. The SMILES string of the molecule is CCOC(=O)c1oc(-c2c(C)oc(C)c2C)nc1CC. The lowest BCUT2D eigenvalue weighted by molar-refractivity contribution is 0.0489. The topological polar surface area (TPSA) is 65.5 Å². The average Bonchev–Trinajstić information content (AvgIpc) is 2.92. The van der Waals surface area contributed by atoms with Crippen molar-refractivity contribution in [3.63, 3.8) is 0 Å². The lowest BCUT2D eigenvalue weighted by Gasteiger charge is -1.98. The van der Waals surface area contributed by atoms with Gasteiger partial charge in [0.15, 0.2) is 0 Å². The molecule has 0 saturated carbocycles. The van der Waals surface area contributed by atoms with Crippen LogP contribution in [0.3, 0.4) is 0 Å². The van der Waals surface area contributed by atoms with E-state index in [-0.39, 0.29) is 5.76 Å². The van der Waals surface area contributed by atoms with Crippen molar-refractivity contribution < 1.29 is 18.4 Å². The minimum absolute atomic E-state index is 0.182. The second-order valence-corrected chi connectivity index (χ2v) is 4.58. The quantitative estimate of drug-likeness (QED) is 0.799. The van der Waals surface area contributed by atoms with E-state index in [2.05, 4.69) is 4.98 Å². The highest BCUT2D eigenvalue weighted by Gasteiger charge is 2.24. The molecule has 0 aliphatic carbocycles. The summed E-state index contributed by atoms with van der Waals surface area (Å²) in [7, 11) is 0. The van der Waals surface area contributed by atoms with Gasteiger partial charge in [-0.1, -0.05) is 6.92 Å². The fourth-order valence-corrected chi connectivity index (χ4v) is 2.16. The van der Waals surface area contributed by atoms with Crippen molar-refractivity contribution >= 4 is 5.97 Å². The number of oxazole rings is 1. The molecule has 0 spiro atoms. The van der Waals surface area contributed by atoms with Crippen LogP contribution in [0.1, 0.15) is 47.2 Å². The number of hydrogen-bond donors (Lipinski definition) is 0. The van der Waals surface area contributed by atoms with E-state index < -0.39 is 5.97 Å². The molecule has 0 aliphatic heterocycles. The van der Waals surface area contributed by atoms with E-state index in [9.17, 15) is 4.79 Å². The number of hydrogen-bond acceptors (Lipinski definition) is 5. The summed E-state index contributed by atoms with van der Waals surface area (Å²) in [6.07, 6.45) is 0.604. The Labute approximate surface area is 117 Å². The predicted octanol–water partition coefficient (Wildman–Crippen LogP) is 3.60. The van der Waals surface area contributed by atoms with Gasteiger partial charge in [0.25, 0.3) is 0 Å². The Hall–Kier alpha value is -2.04. The van der Waals surface area contributed by atoms with Crippen molar-refractivity contribution in [3.05, 3.63) is 28.5 Å². The Bertz CT molecular complexity index is 637. The smallest absolute Gasteiger partial charge is 0.376 e. The molecular weight excluding hydrogens is 258 g/mol. The molecule has 0 aromatic carbocycles. The van der Waals surface area contributed by atoms with Crippen molar-refractivity contribution in [1.82, 2.24) is 4.98 Å².